The van der Waals surface area contributed by atoms with Crippen molar-refractivity contribution in [2.75, 3.05) is 20.3 Å². The molecule has 1 fully saturated rings. The normalized spacial score (nSPS) is 17.6. The summed E-state index contributed by atoms with van der Waals surface area (Å²) in [5.41, 5.74) is 0. The van der Waals surface area contributed by atoms with Gasteiger partial charge in [0.1, 0.15) is 0 Å². The first kappa shape index (κ1) is 14.0. The molecule has 0 aromatic carbocycles. The van der Waals surface area contributed by atoms with Crippen LogP contribution in [-0.2, 0) is 4.74 Å². The zero-order valence-electron chi connectivity index (χ0n) is 11.1. The molecule has 1 aliphatic rings. The summed E-state index contributed by atoms with van der Waals surface area (Å²) in [6.45, 7) is 4.38. The lowest BCUT2D eigenvalue weighted by molar-refractivity contribution is 0.191. The van der Waals surface area contributed by atoms with Crippen molar-refractivity contribution in [1.82, 2.24) is 5.32 Å². The zero-order chi connectivity index (χ0) is 11.6. The fraction of sp³-hybridized carbons (Fsp3) is 1.00. The van der Waals surface area contributed by atoms with Gasteiger partial charge in [0.05, 0.1) is 0 Å². The lowest BCUT2D eigenvalue weighted by Gasteiger charge is -2.17. The number of hydrogen-bond donors (Lipinski definition) is 1. The summed E-state index contributed by atoms with van der Waals surface area (Å²) >= 11 is 0. The molecular weight excluding hydrogens is 198 g/mol. The Kier molecular flexibility index (Phi) is 7.87. The van der Waals surface area contributed by atoms with E-state index in [1.165, 1.54) is 57.9 Å². The van der Waals surface area contributed by atoms with Crippen molar-refractivity contribution in [3.05, 3.63) is 0 Å². The average molecular weight is 227 g/mol. The molecule has 1 saturated carbocycles. The van der Waals surface area contributed by atoms with Crippen LogP contribution in [0.5, 0.6) is 0 Å². The van der Waals surface area contributed by atoms with Gasteiger partial charge in [0.25, 0.3) is 0 Å². The highest BCUT2D eigenvalue weighted by molar-refractivity contribution is 4.86. The van der Waals surface area contributed by atoms with Crippen LogP contribution in [-0.4, -0.2) is 26.3 Å². The molecular formula is C14H29NO. The van der Waals surface area contributed by atoms with E-state index in [-0.39, 0.29) is 0 Å². The Hall–Kier alpha value is -0.0800. The van der Waals surface area contributed by atoms with Gasteiger partial charge in [-0.15, -0.1) is 0 Å². The Bertz CT molecular complexity index is 157. The molecule has 1 unspecified atom stereocenters. The summed E-state index contributed by atoms with van der Waals surface area (Å²) in [6.07, 6.45) is 10.9. The molecule has 0 bridgehead atoms. The van der Waals surface area contributed by atoms with Crippen LogP contribution in [0.15, 0.2) is 0 Å². The van der Waals surface area contributed by atoms with Crippen molar-refractivity contribution in [2.45, 2.75) is 64.3 Å². The van der Waals surface area contributed by atoms with Gasteiger partial charge in [-0.1, -0.05) is 26.2 Å². The monoisotopic (exact) mass is 227 g/mol. The van der Waals surface area contributed by atoms with Crippen LogP contribution in [0.4, 0.5) is 0 Å². The van der Waals surface area contributed by atoms with Crippen LogP contribution in [0, 0.1) is 5.92 Å². The highest BCUT2D eigenvalue weighted by Crippen LogP contribution is 2.34. The predicted octanol–water partition coefficient (Wildman–Crippen LogP) is 3.36. The smallest absolute Gasteiger partial charge is 0.0462 e. The highest BCUT2D eigenvalue weighted by atomic mass is 16.5. The van der Waals surface area contributed by atoms with Crippen LogP contribution >= 0.6 is 0 Å². The second kappa shape index (κ2) is 9.00. The minimum atomic E-state index is 0.822. The number of ether oxygens (including phenoxy) is 1. The van der Waals surface area contributed by atoms with Crippen LogP contribution in [0.25, 0.3) is 0 Å². The number of unbranched alkanes of at least 4 members (excludes halogenated alkanes) is 3. The maximum Gasteiger partial charge on any atom is 0.0462 e. The molecule has 0 heterocycles. The van der Waals surface area contributed by atoms with Crippen molar-refractivity contribution >= 4 is 0 Å². The van der Waals surface area contributed by atoms with Gasteiger partial charge in [-0.25, -0.2) is 0 Å². The molecule has 0 aromatic rings. The molecule has 1 aliphatic carbocycles. The number of hydrogen-bond acceptors (Lipinski definition) is 2. The molecule has 1 atom stereocenters. The standard InChI is InChI=1S/C14H29NO/c1-3-11-15-14(13-9-10-13)8-6-4-5-7-12-16-2/h13-15H,3-12H2,1-2H3. The van der Waals surface area contributed by atoms with Crippen molar-refractivity contribution in [3.63, 3.8) is 0 Å². The Balaban J connectivity index is 1.95. The first-order valence-corrected chi connectivity index (χ1v) is 7.10. The lowest BCUT2D eigenvalue weighted by atomic mass is 10.0. The first-order valence-electron chi connectivity index (χ1n) is 7.10. The summed E-state index contributed by atoms with van der Waals surface area (Å²) in [5, 5.41) is 3.71. The summed E-state index contributed by atoms with van der Waals surface area (Å²) in [5.74, 6) is 1.01. The highest BCUT2D eigenvalue weighted by Gasteiger charge is 2.29. The minimum absolute atomic E-state index is 0.822. The Labute approximate surface area is 101 Å². The van der Waals surface area contributed by atoms with E-state index in [1.54, 1.807) is 7.11 Å². The van der Waals surface area contributed by atoms with Crippen molar-refractivity contribution in [1.29, 1.82) is 0 Å². The molecule has 16 heavy (non-hydrogen) atoms. The molecule has 1 rings (SSSR count). The number of methoxy groups -OCH3 is 1. The van der Waals surface area contributed by atoms with Gasteiger partial charge in [-0.2, -0.15) is 0 Å². The Morgan fingerprint density at radius 1 is 1.19 bits per heavy atom. The van der Waals surface area contributed by atoms with Gasteiger partial charge < -0.3 is 10.1 Å². The summed E-state index contributed by atoms with van der Waals surface area (Å²) < 4.78 is 5.06. The van der Waals surface area contributed by atoms with Crippen LogP contribution < -0.4 is 5.32 Å². The van der Waals surface area contributed by atoms with Crippen LogP contribution in [0.2, 0.25) is 0 Å². The molecule has 0 saturated heterocycles. The molecule has 0 radical (unpaired) electrons. The number of nitrogens with one attached hydrogen (secondary N) is 1. The van der Waals surface area contributed by atoms with Gasteiger partial charge in [-0.3, -0.25) is 0 Å². The fourth-order valence-corrected chi connectivity index (χ4v) is 2.30. The lowest BCUT2D eigenvalue weighted by Crippen LogP contribution is -2.31. The Morgan fingerprint density at radius 3 is 2.56 bits per heavy atom. The largest absolute Gasteiger partial charge is 0.385 e. The van der Waals surface area contributed by atoms with Crippen LogP contribution in [0.1, 0.15) is 58.3 Å². The summed E-state index contributed by atoms with van der Waals surface area (Å²) in [7, 11) is 1.79. The van der Waals surface area contributed by atoms with E-state index >= 15 is 0 Å². The molecule has 96 valence electrons. The van der Waals surface area contributed by atoms with E-state index in [0.29, 0.717) is 0 Å². The van der Waals surface area contributed by atoms with Gasteiger partial charge in [-0.05, 0) is 44.6 Å². The molecule has 0 aliphatic heterocycles. The SMILES string of the molecule is CCCNC(CCCCCCOC)C1CC1. The fourth-order valence-electron chi connectivity index (χ4n) is 2.30. The number of rotatable bonds is 11. The average Bonchev–Trinajstić information content (AvgIpc) is 3.11. The topological polar surface area (TPSA) is 21.3 Å². The van der Waals surface area contributed by atoms with Gasteiger partial charge in [0, 0.05) is 19.8 Å². The van der Waals surface area contributed by atoms with Gasteiger partial charge >= 0.3 is 0 Å². The van der Waals surface area contributed by atoms with Crippen molar-refractivity contribution < 1.29 is 4.74 Å². The molecule has 0 spiro atoms. The van der Waals surface area contributed by atoms with E-state index in [2.05, 4.69) is 12.2 Å². The Morgan fingerprint density at radius 2 is 1.94 bits per heavy atom. The second-order valence-corrected chi connectivity index (χ2v) is 5.09. The van der Waals surface area contributed by atoms with Gasteiger partial charge in [0.15, 0.2) is 0 Å². The van der Waals surface area contributed by atoms with Crippen molar-refractivity contribution in [2.24, 2.45) is 5.92 Å². The molecule has 2 nitrogen and oxygen atoms in total. The first-order chi connectivity index (χ1) is 7.88. The zero-order valence-corrected chi connectivity index (χ0v) is 11.1. The quantitative estimate of drug-likeness (QED) is 0.546. The third kappa shape index (κ3) is 6.49. The van der Waals surface area contributed by atoms with Crippen LogP contribution in [0.3, 0.4) is 0 Å². The molecule has 0 aromatic heterocycles. The van der Waals surface area contributed by atoms with E-state index in [0.717, 1.165) is 18.6 Å². The third-order valence-corrected chi connectivity index (χ3v) is 3.46. The molecule has 1 N–H and O–H groups in total. The minimum Gasteiger partial charge on any atom is -0.385 e. The summed E-state index contributed by atoms with van der Waals surface area (Å²) in [4.78, 5) is 0. The molecule has 2 heteroatoms. The maximum absolute atomic E-state index is 5.06. The van der Waals surface area contributed by atoms with E-state index < -0.39 is 0 Å². The van der Waals surface area contributed by atoms with Gasteiger partial charge in [0.2, 0.25) is 0 Å². The predicted molar refractivity (Wildman–Crippen MR) is 69.8 cm³/mol. The van der Waals surface area contributed by atoms with E-state index in [9.17, 15) is 0 Å². The summed E-state index contributed by atoms with van der Waals surface area (Å²) in [6, 6.07) is 0.822. The third-order valence-electron chi connectivity index (χ3n) is 3.46. The van der Waals surface area contributed by atoms with Crippen molar-refractivity contribution in [3.8, 4) is 0 Å². The molecule has 0 amide bonds. The van der Waals surface area contributed by atoms with E-state index in [1.807, 2.05) is 0 Å². The van der Waals surface area contributed by atoms with E-state index in [4.69, 9.17) is 4.74 Å². The second-order valence-electron chi connectivity index (χ2n) is 5.09. The maximum atomic E-state index is 5.06.